The number of nitrogens with zero attached hydrogens (tertiary/aromatic N) is 4. The SMILES string of the molecule is COc1nc2nonc2nc1Nc1ccc(C(C)C)cc1. The Morgan fingerprint density at radius 2 is 1.71 bits per heavy atom. The Kier molecular flexibility index (Phi) is 3.39. The number of rotatable bonds is 4. The van der Waals surface area contributed by atoms with Gasteiger partial charge in [0.2, 0.25) is 11.3 Å². The van der Waals surface area contributed by atoms with Gasteiger partial charge in [0.1, 0.15) is 0 Å². The maximum atomic E-state index is 5.21. The number of methoxy groups -OCH3 is 1. The fraction of sp³-hybridized carbons (Fsp3) is 0.286. The molecule has 0 aliphatic carbocycles. The summed E-state index contributed by atoms with van der Waals surface area (Å²) in [6, 6.07) is 8.12. The van der Waals surface area contributed by atoms with Crippen LogP contribution in [0.3, 0.4) is 0 Å². The van der Waals surface area contributed by atoms with Gasteiger partial charge in [-0.15, -0.1) is 0 Å². The Balaban J connectivity index is 1.92. The summed E-state index contributed by atoms with van der Waals surface area (Å²) >= 11 is 0. The molecule has 7 heteroatoms. The molecule has 2 heterocycles. The molecule has 0 bridgehead atoms. The van der Waals surface area contributed by atoms with Crippen molar-refractivity contribution >= 4 is 22.8 Å². The maximum Gasteiger partial charge on any atom is 0.259 e. The lowest BCUT2D eigenvalue weighted by molar-refractivity contribution is 0.313. The molecule has 0 radical (unpaired) electrons. The summed E-state index contributed by atoms with van der Waals surface area (Å²) in [5, 5.41) is 10.5. The van der Waals surface area contributed by atoms with Gasteiger partial charge in [-0.2, -0.15) is 9.97 Å². The van der Waals surface area contributed by atoms with E-state index in [1.807, 2.05) is 12.1 Å². The van der Waals surface area contributed by atoms with Gasteiger partial charge in [0, 0.05) is 5.69 Å². The Morgan fingerprint density at radius 1 is 1.05 bits per heavy atom. The van der Waals surface area contributed by atoms with Crippen LogP contribution in [0, 0.1) is 0 Å². The summed E-state index contributed by atoms with van der Waals surface area (Å²) < 4.78 is 9.81. The maximum absolute atomic E-state index is 5.21. The van der Waals surface area contributed by atoms with Crippen LogP contribution in [0.4, 0.5) is 11.5 Å². The average molecular weight is 285 g/mol. The molecule has 0 saturated carbocycles. The normalized spacial score (nSPS) is 11.0. The molecule has 0 amide bonds. The first kappa shape index (κ1) is 13.3. The number of benzene rings is 1. The van der Waals surface area contributed by atoms with Gasteiger partial charge in [0.25, 0.3) is 5.88 Å². The van der Waals surface area contributed by atoms with Crippen molar-refractivity contribution in [2.24, 2.45) is 0 Å². The van der Waals surface area contributed by atoms with E-state index >= 15 is 0 Å². The highest BCUT2D eigenvalue weighted by Crippen LogP contribution is 2.26. The number of hydrogen-bond donors (Lipinski definition) is 1. The third-order valence-corrected chi connectivity index (χ3v) is 3.12. The molecule has 0 saturated heterocycles. The van der Waals surface area contributed by atoms with Crippen LogP contribution >= 0.6 is 0 Å². The quantitative estimate of drug-likeness (QED) is 0.788. The van der Waals surface area contributed by atoms with E-state index in [0.717, 1.165) is 5.69 Å². The molecule has 1 aromatic carbocycles. The first-order chi connectivity index (χ1) is 10.2. The summed E-state index contributed by atoms with van der Waals surface area (Å²) in [6.45, 7) is 4.31. The van der Waals surface area contributed by atoms with E-state index in [1.54, 1.807) is 0 Å². The molecule has 21 heavy (non-hydrogen) atoms. The monoisotopic (exact) mass is 285 g/mol. The molecule has 0 aliphatic heterocycles. The van der Waals surface area contributed by atoms with E-state index in [-0.39, 0.29) is 0 Å². The number of fused-ring (bicyclic) bond motifs is 1. The first-order valence-electron chi connectivity index (χ1n) is 6.58. The lowest BCUT2D eigenvalue weighted by atomic mass is 10.0. The van der Waals surface area contributed by atoms with Crippen LogP contribution in [0.2, 0.25) is 0 Å². The van der Waals surface area contributed by atoms with E-state index in [9.17, 15) is 0 Å². The van der Waals surface area contributed by atoms with Crippen LogP contribution in [-0.2, 0) is 0 Å². The molecule has 0 aliphatic rings. The van der Waals surface area contributed by atoms with Gasteiger partial charge in [-0.05, 0) is 33.9 Å². The molecule has 7 nitrogen and oxygen atoms in total. The minimum absolute atomic E-state index is 0.313. The van der Waals surface area contributed by atoms with Crippen molar-refractivity contribution < 1.29 is 9.37 Å². The molecule has 2 aromatic heterocycles. The molecule has 108 valence electrons. The minimum atomic E-state index is 0.313. The predicted molar refractivity (Wildman–Crippen MR) is 77.8 cm³/mol. The highest BCUT2D eigenvalue weighted by molar-refractivity contribution is 5.71. The van der Waals surface area contributed by atoms with Crippen molar-refractivity contribution in [3.05, 3.63) is 29.8 Å². The van der Waals surface area contributed by atoms with Crippen molar-refractivity contribution in [2.75, 3.05) is 12.4 Å². The summed E-state index contributed by atoms with van der Waals surface area (Å²) in [7, 11) is 1.52. The second-order valence-corrected chi connectivity index (χ2v) is 4.89. The second kappa shape index (κ2) is 5.35. The van der Waals surface area contributed by atoms with Gasteiger partial charge in [-0.1, -0.05) is 26.0 Å². The van der Waals surface area contributed by atoms with Crippen LogP contribution in [0.25, 0.3) is 11.3 Å². The topological polar surface area (TPSA) is 86.0 Å². The molecule has 1 N–H and O–H groups in total. The van der Waals surface area contributed by atoms with Crippen LogP contribution in [0.15, 0.2) is 28.9 Å². The first-order valence-corrected chi connectivity index (χ1v) is 6.58. The molecule has 3 rings (SSSR count). The van der Waals surface area contributed by atoms with Gasteiger partial charge in [0.15, 0.2) is 5.82 Å². The molecule has 0 unspecified atom stereocenters. The third-order valence-electron chi connectivity index (χ3n) is 3.12. The molecular formula is C14H15N5O2. The van der Waals surface area contributed by atoms with E-state index in [0.29, 0.717) is 28.9 Å². The summed E-state index contributed by atoms with van der Waals surface area (Å²) in [4.78, 5) is 8.47. The van der Waals surface area contributed by atoms with E-state index in [4.69, 9.17) is 4.74 Å². The Labute approximate surface area is 121 Å². The van der Waals surface area contributed by atoms with Crippen molar-refractivity contribution in [3.8, 4) is 5.88 Å². The number of ether oxygens (including phenoxy) is 1. The van der Waals surface area contributed by atoms with Gasteiger partial charge in [-0.25, -0.2) is 4.63 Å². The summed E-state index contributed by atoms with van der Waals surface area (Å²) in [5.41, 5.74) is 2.81. The molecule has 0 fully saturated rings. The lowest BCUT2D eigenvalue weighted by Crippen LogP contribution is -2.00. The fourth-order valence-electron chi connectivity index (χ4n) is 1.93. The van der Waals surface area contributed by atoms with Crippen LogP contribution in [-0.4, -0.2) is 27.4 Å². The number of aromatic nitrogens is 4. The summed E-state index contributed by atoms with van der Waals surface area (Å²) in [5.74, 6) is 1.30. The number of hydrogen-bond acceptors (Lipinski definition) is 7. The number of nitrogens with one attached hydrogen (secondary N) is 1. The largest absolute Gasteiger partial charge is 0.478 e. The van der Waals surface area contributed by atoms with Gasteiger partial charge in [0.05, 0.1) is 7.11 Å². The van der Waals surface area contributed by atoms with Gasteiger partial charge < -0.3 is 10.1 Å². The van der Waals surface area contributed by atoms with Crippen molar-refractivity contribution in [3.63, 3.8) is 0 Å². The van der Waals surface area contributed by atoms with E-state index in [2.05, 4.69) is 56.2 Å². The van der Waals surface area contributed by atoms with Gasteiger partial charge in [-0.3, -0.25) is 0 Å². The lowest BCUT2D eigenvalue weighted by Gasteiger charge is -2.10. The Morgan fingerprint density at radius 3 is 2.33 bits per heavy atom. The number of anilines is 2. The molecule has 3 aromatic rings. The standard InChI is InChI=1S/C14H15N5O2/c1-8(2)9-4-6-10(7-5-9)15-13-14(20-3)17-12-11(16-13)18-21-19-12/h4-8H,1-3H3,(H,15,16,18). The van der Waals surface area contributed by atoms with Crippen LogP contribution in [0.1, 0.15) is 25.3 Å². The van der Waals surface area contributed by atoms with Gasteiger partial charge >= 0.3 is 0 Å². The predicted octanol–water partition coefficient (Wildman–Crippen LogP) is 2.89. The summed E-state index contributed by atoms with van der Waals surface area (Å²) in [6.07, 6.45) is 0. The zero-order chi connectivity index (χ0) is 14.8. The Hall–Kier alpha value is -2.70. The minimum Gasteiger partial charge on any atom is -0.478 e. The molecular weight excluding hydrogens is 270 g/mol. The highest BCUT2D eigenvalue weighted by Gasteiger charge is 2.13. The van der Waals surface area contributed by atoms with Crippen LogP contribution < -0.4 is 10.1 Å². The zero-order valence-corrected chi connectivity index (χ0v) is 12.0. The third kappa shape index (κ3) is 2.62. The van der Waals surface area contributed by atoms with Crippen molar-refractivity contribution in [2.45, 2.75) is 19.8 Å². The average Bonchev–Trinajstić information content (AvgIpc) is 2.94. The van der Waals surface area contributed by atoms with E-state index < -0.39 is 0 Å². The smallest absolute Gasteiger partial charge is 0.259 e. The Bertz CT molecular complexity index is 752. The van der Waals surface area contributed by atoms with Crippen molar-refractivity contribution in [1.29, 1.82) is 0 Å². The van der Waals surface area contributed by atoms with Crippen molar-refractivity contribution in [1.82, 2.24) is 20.3 Å². The highest BCUT2D eigenvalue weighted by atomic mass is 16.6. The fourth-order valence-corrected chi connectivity index (χ4v) is 1.93. The van der Waals surface area contributed by atoms with E-state index in [1.165, 1.54) is 12.7 Å². The van der Waals surface area contributed by atoms with Crippen LogP contribution in [0.5, 0.6) is 5.88 Å². The molecule has 0 spiro atoms. The zero-order valence-electron chi connectivity index (χ0n) is 12.0. The molecule has 0 atom stereocenters. The second-order valence-electron chi connectivity index (χ2n) is 4.89.